The minimum Gasteiger partial charge on any atom is -0.504 e. The zero-order chi connectivity index (χ0) is 16.8. The van der Waals surface area contributed by atoms with E-state index in [1.54, 1.807) is 18.2 Å². The van der Waals surface area contributed by atoms with Gasteiger partial charge in [0.15, 0.2) is 11.5 Å². The molecule has 0 saturated carbocycles. The summed E-state index contributed by atoms with van der Waals surface area (Å²) >= 11 is 0. The van der Waals surface area contributed by atoms with Gasteiger partial charge in [0.2, 0.25) is 0 Å². The first-order valence-electron chi connectivity index (χ1n) is 7.65. The molecule has 0 aliphatic heterocycles. The van der Waals surface area contributed by atoms with Crippen molar-refractivity contribution in [3.05, 3.63) is 36.4 Å². The van der Waals surface area contributed by atoms with E-state index in [4.69, 9.17) is 14.6 Å². The lowest BCUT2D eigenvalue weighted by Gasteiger charge is -2.02. The Labute approximate surface area is 133 Å². The highest BCUT2D eigenvalue weighted by molar-refractivity contribution is 5.69. The molecule has 1 aromatic carbocycles. The van der Waals surface area contributed by atoms with Gasteiger partial charge in [-0.3, -0.25) is 4.79 Å². The van der Waals surface area contributed by atoms with Crippen LogP contribution in [0.4, 0.5) is 0 Å². The average molecular weight is 308 g/mol. The summed E-state index contributed by atoms with van der Waals surface area (Å²) in [4.78, 5) is 10.9. The van der Waals surface area contributed by atoms with Crippen LogP contribution in [0.25, 0.3) is 0 Å². The maximum absolute atomic E-state index is 10.9. The molecule has 0 fully saturated rings. The number of carbonyl (C=O) groups excluding carboxylic acids is 1. The summed E-state index contributed by atoms with van der Waals surface area (Å²) < 4.78 is 9.69. The summed E-state index contributed by atoms with van der Waals surface area (Å²) in [6, 6.07) is 5.24. The molecule has 0 saturated heterocycles. The molecule has 0 bridgehead atoms. The average Bonchev–Trinajstić information content (AvgIpc) is 2.52. The van der Waals surface area contributed by atoms with Crippen molar-refractivity contribution in [1.29, 1.82) is 0 Å². The first kappa shape index (κ1) is 20.0. The number of rotatable bonds is 8. The maximum atomic E-state index is 10.9. The maximum Gasteiger partial charge on any atom is 0.306 e. The normalized spacial score (nSPS) is 9.41. The third-order valence-corrected chi connectivity index (χ3v) is 2.93. The van der Waals surface area contributed by atoms with E-state index in [9.17, 15) is 4.79 Å². The monoisotopic (exact) mass is 308 g/mol. The Morgan fingerprint density at radius 1 is 1.32 bits per heavy atom. The molecule has 0 atom stereocenters. The number of hydrogen-bond acceptors (Lipinski definition) is 4. The lowest BCUT2D eigenvalue weighted by Crippen LogP contribution is -2.03. The Bertz CT molecular complexity index is 441. The molecule has 0 radical (unpaired) electrons. The van der Waals surface area contributed by atoms with Crippen molar-refractivity contribution in [1.82, 2.24) is 0 Å². The van der Waals surface area contributed by atoms with Gasteiger partial charge in [-0.1, -0.05) is 44.9 Å². The molecule has 0 amide bonds. The highest BCUT2D eigenvalue weighted by Gasteiger charge is 2.00. The van der Waals surface area contributed by atoms with E-state index in [0.717, 1.165) is 18.4 Å². The SMILES string of the molecule is C=CCOC(=O)CCCCCC.COc1cc(C)ccc1O. The largest absolute Gasteiger partial charge is 0.504 e. The molecule has 0 aliphatic rings. The molecule has 4 heteroatoms. The number of ether oxygens (including phenoxy) is 2. The van der Waals surface area contributed by atoms with E-state index < -0.39 is 0 Å². The van der Waals surface area contributed by atoms with E-state index in [-0.39, 0.29) is 11.7 Å². The number of hydrogen-bond donors (Lipinski definition) is 1. The summed E-state index contributed by atoms with van der Waals surface area (Å²) in [5, 5.41) is 9.11. The van der Waals surface area contributed by atoms with Crippen molar-refractivity contribution < 1.29 is 19.4 Å². The van der Waals surface area contributed by atoms with E-state index in [1.165, 1.54) is 20.0 Å². The third-order valence-electron chi connectivity index (χ3n) is 2.93. The van der Waals surface area contributed by atoms with E-state index in [2.05, 4.69) is 13.5 Å². The van der Waals surface area contributed by atoms with Crippen LogP contribution in [0.2, 0.25) is 0 Å². The molecular formula is C18H28O4. The molecular weight excluding hydrogens is 280 g/mol. The molecule has 0 aromatic heterocycles. The van der Waals surface area contributed by atoms with Gasteiger partial charge in [-0.2, -0.15) is 0 Å². The zero-order valence-electron chi connectivity index (χ0n) is 13.9. The Kier molecular flexibility index (Phi) is 11.6. The molecule has 1 aromatic rings. The van der Waals surface area contributed by atoms with Gasteiger partial charge in [-0.05, 0) is 31.0 Å². The van der Waals surface area contributed by atoms with Crippen molar-refractivity contribution in [2.24, 2.45) is 0 Å². The molecule has 1 N–H and O–H groups in total. The Balaban J connectivity index is 0.000000406. The van der Waals surface area contributed by atoms with Gasteiger partial charge >= 0.3 is 5.97 Å². The number of carbonyl (C=O) groups is 1. The lowest BCUT2D eigenvalue weighted by molar-refractivity contribution is -0.142. The summed E-state index contributed by atoms with van der Waals surface area (Å²) in [5.41, 5.74) is 1.08. The van der Waals surface area contributed by atoms with Crippen molar-refractivity contribution >= 4 is 5.97 Å². The fourth-order valence-corrected chi connectivity index (χ4v) is 1.70. The third kappa shape index (κ3) is 9.86. The van der Waals surface area contributed by atoms with Crippen LogP contribution in [0.3, 0.4) is 0 Å². The Morgan fingerprint density at radius 3 is 2.59 bits per heavy atom. The van der Waals surface area contributed by atoms with Crippen LogP contribution in [-0.2, 0) is 9.53 Å². The Hall–Kier alpha value is -1.97. The topological polar surface area (TPSA) is 55.8 Å². The van der Waals surface area contributed by atoms with E-state index in [1.807, 2.05) is 13.0 Å². The quantitative estimate of drug-likeness (QED) is 0.439. The summed E-state index contributed by atoms with van der Waals surface area (Å²) in [5.74, 6) is 0.610. The van der Waals surface area contributed by atoms with Crippen LogP contribution >= 0.6 is 0 Å². The van der Waals surface area contributed by atoms with Crippen LogP contribution in [0.1, 0.15) is 44.6 Å². The van der Waals surface area contributed by atoms with E-state index >= 15 is 0 Å². The van der Waals surface area contributed by atoms with Gasteiger partial charge in [0, 0.05) is 6.42 Å². The second kappa shape index (κ2) is 12.7. The second-order valence-corrected chi connectivity index (χ2v) is 4.96. The van der Waals surface area contributed by atoms with Gasteiger partial charge in [0.05, 0.1) is 7.11 Å². The molecule has 0 spiro atoms. The van der Waals surface area contributed by atoms with Crippen molar-refractivity contribution in [2.75, 3.05) is 13.7 Å². The molecule has 0 aliphatic carbocycles. The van der Waals surface area contributed by atoms with Gasteiger partial charge in [0.25, 0.3) is 0 Å². The number of methoxy groups -OCH3 is 1. The van der Waals surface area contributed by atoms with Crippen molar-refractivity contribution in [3.8, 4) is 11.5 Å². The van der Waals surface area contributed by atoms with Crippen LogP contribution < -0.4 is 4.74 Å². The molecule has 22 heavy (non-hydrogen) atoms. The van der Waals surface area contributed by atoms with Gasteiger partial charge in [-0.15, -0.1) is 0 Å². The molecule has 124 valence electrons. The van der Waals surface area contributed by atoms with E-state index in [0.29, 0.717) is 18.8 Å². The fraction of sp³-hybridized carbons (Fsp3) is 0.500. The van der Waals surface area contributed by atoms with Crippen LogP contribution in [0, 0.1) is 6.92 Å². The number of benzene rings is 1. The summed E-state index contributed by atoms with van der Waals surface area (Å²) in [7, 11) is 1.54. The predicted molar refractivity (Wildman–Crippen MR) is 89.3 cm³/mol. The molecule has 0 heterocycles. The number of phenols is 1. The first-order valence-corrected chi connectivity index (χ1v) is 7.65. The second-order valence-electron chi connectivity index (χ2n) is 4.96. The first-order chi connectivity index (χ1) is 10.5. The van der Waals surface area contributed by atoms with Crippen LogP contribution in [0.5, 0.6) is 11.5 Å². The van der Waals surface area contributed by atoms with Crippen molar-refractivity contribution in [2.45, 2.75) is 46.0 Å². The van der Waals surface area contributed by atoms with Crippen LogP contribution in [0.15, 0.2) is 30.9 Å². The highest BCUT2D eigenvalue weighted by atomic mass is 16.5. The van der Waals surface area contributed by atoms with Gasteiger partial charge < -0.3 is 14.6 Å². The Morgan fingerprint density at radius 2 is 2.05 bits per heavy atom. The van der Waals surface area contributed by atoms with Crippen molar-refractivity contribution in [3.63, 3.8) is 0 Å². The van der Waals surface area contributed by atoms with Crippen LogP contribution in [-0.4, -0.2) is 24.8 Å². The highest BCUT2D eigenvalue weighted by Crippen LogP contribution is 2.25. The number of aromatic hydroxyl groups is 1. The smallest absolute Gasteiger partial charge is 0.306 e. The predicted octanol–water partition coefficient (Wildman–Crippen LogP) is 4.40. The van der Waals surface area contributed by atoms with Gasteiger partial charge in [0.1, 0.15) is 6.61 Å². The molecule has 0 unspecified atom stereocenters. The lowest BCUT2D eigenvalue weighted by atomic mass is 10.2. The minimum absolute atomic E-state index is 0.106. The standard InChI is InChI=1S/C10H18O2.C8H10O2/c1-3-5-6-7-8-10(11)12-9-4-2;1-6-3-4-7(9)8(5-6)10-2/h4H,2-3,5-9H2,1H3;3-5,9H,1-2H3. The molecule has 1 rings (SSSR count). The van der Waals surface area contributed by atoms with Gasteiger partial charge in [-0.25, -0.2) is 0 Å². The number of phenolic OH excluding ortho intramolecular Hbond substituents is 1. The minimum atomic E-state index is -0.106. The summed E-state index contributed by atoms with van der Waals surface area (Å²) in [6.07, 6.45) is 6.61. The fourth-order valence-electron chi connectivity index (χ4n) is 1.70. The molecule has 4 nitrogen and oxygen atoms in total. The number of esters is 1. The zero-order valence-corrected chi connectivity index (χ0v) is 13.9. The number of unbranched alkanes of at least 4 members (excludes halogenated alkanes) is 3. The number of aryl methyl sites for hydroxylation is 1. The summed E-state index contributed by atoms with van der Waals surface area (Å²) in [6.45, 7) is 7.90.